The highest BCUT2D eigenvalue weighted by atomic mass is 32.2. The largest absolute Gasteiger partial charge is 0.478 e. The molecule has 0 amide bonds. The van der Waals surface area contributed by atoms with Crippen molar-refractivity contribution >= 4 is 16.0 Å². The number of nitrogens with one attached hydrogen (secondary N) is 2. The fourth-order valence-corrected chi connectivity index (χ4v) is 3.37. The molecule has 1 aromatic carbocycles. The van der Waals surface area contributed by atoms with Crippen LogP contribution in [0.3, 0.4) is 0 Å². The first kappa shape index (κ1) is 17.7. The van der Waals surface area contributed by atoms with Gasteiger partial charge in [0, 0.05) is 19.5 Å². The van der Waals surface area contributed by atoms with E-state index in [1.807, 2.05) is 6.92 Å². The predicted octanol–water partition coefficient (Wildman–Crippen LogP) is 0.441. The molecule has 0 aromatic heterocycles. The Morgan fingerprint density at radius 3 is 2.83 bits per heavy atom. The minimum absolute atomic E-state index is 0.167. The Balaban J connectivity index is 2.05. The molecule has 1 unspecified atom stereocenters. The summed E-state index contributed by atoms with van der Waals surface area (Å²) in [6, 6.07) is 4.60. The molecule has 1 heterocycles. The van der Waals surface area contributed by atoms with E-state index in [-0.39, 0.29) is 11.5 Å². The smallest absolute Gasteiger partial charge is 0.347 e. The van der Waals surface area contributed by atoms with Crippen molar-refractivity contribution in [3.05, 3.63) is 23.8 Å². The van der Waals surface area contributed by atoms with Crippen LogP contribution in [0.5, 0.6) is 5.75 Å². The number of carbonyl (C=O) groups is 1. The number of rotatable bonds is 8. The molecule has 0 bridgehead atoms. The number of esters is 1. The maximum atomic E-state index is 12.2. The lowest BCUT2D eigenvalue weighted by molar-refractivity contribution is -0.150. The summed E-state index contributed by atoms with van der Waals surface area (Å²) in [6.45, 7) is 5.63. The quantitative estimate of drug-likeness (QED) is 0.526. The zero-order valence-electron chi connectivity index (χ0n) is 13.3. The standard InChI is InChI=1S/C15H22N2O5S/c1-3-16-7-8-17-23(19,20)12-5-6-13-11(9-12)10-14(22-13)15(18)21-4-2/h5-6,9,14,16-17H,3-4,7-8,10H2,1-2H3. The van der Waals surface area contributed by atoms with E-state index in [0.29, 0.717) is 30.8 Å². The summed E-state index contributed by atoms with van der Waals surface area (Å²) in [5.41, 5.74) is 0.692. The Morgan fingerprint density at radius 2 is 2.13 bits per heavy atom. The molecular formula is C15H22N2O5S. The molecule has 0 fully saturated rings. The molecule has 0 saturated heterocycles. The van der Waals surface area contributed by atoms with Gasteiger partial charge in [-0.2, -0.15) is 0 Å². The average Bonchev–Trinajstić information content (AvgIpc) is 2.95. The molecule has 0 spiro atoms. The molecule has 1 aliphatic heterocycles. The van der Waals surface area contributed by atoms with E-state index >= 15 is 0 Å². The average molecular weight is 342 g/mol. The van der Waals surface area contributed by atoms with Gasteiger partial charge in [-0.05, 0) is 37.2 Å². The molecule has 1 aliphatic rings. The van der Waals surface area contributed by atoms with E-state index in [0.717, 1.165) is 6.54 Å². The van der Waals surface area contributed by atoms with E-state index in [4.69, 9.17) is 9.47 Å². The maximum absolute atomic E-state index is 12.2. The molecule has 23 heavy (non-hydrogen) atoms. The van der Waals surface area contributed by atoms with Crippen LogP contribution in [0.2, 0.25) is 0 Å². The first-order valence-corrected chi connectivity index (χ1v) is 9.12. The van der Waals surface area contributed by atoms with Gasteiger partial charge in [-0.15, -0.1) is 0 Å². The van der Waals surface area contributed by atoms with Gasteiger partial charge in [0.05, 0.1) is 11.5 Å². The number of sulfonamides is 1. The minimum Gasteiger partial charge on any atom is -0.478 e. The second-order valence-corrected chi connectivity index (χ2v) is 6.85. The third-order valence-corrected chi connectivity index (χ3v) is 4.87. The predicted molar refractivity (Wildman–Crippen MR) is 84.9 cm³/mol. The van der Waals surface area contributed by atoms with Crippen molar-refractivity contribution in [3.8, 4) is 5.75 Å². The van der Waals surface area contributed by atoms with Crippen LogP contribution in [0.15, 0.2) is 23.1 Å². The number of fused-ring (bicyclic) bond motifs is 1. The van der Waals surface area contributed by atoms with Crippen molar-refractivity contribution in [3.63, 3.8) is 0 Å². The Hall–Kier alpha value is -1.64. The first-order valence-electron chi connectivity index (χ1n) is 7.64. The van der Waals surface area contributed by atoms with Crippen LogP contribution in [-0.2, 0) is 26.0 Å². The monoisotopic (exact) mass is 342 g/mol. The number of likely N-dealkylation sites (N-methyl/N-ethyl adjacent to an activating group) is 1. The highest BCUT2D eigenvalue weighted by Crippen LogP contribution is 2.31. The van der Waals surface area contributed by atoms with E-state index in [1.165, 1.54) is 6.07 Å². The highest BCUT2D eigenvalue weighted by Gasteiger charge is 2.31. The lowest BCUT2D eigenvalue weighted by Gasteiger charge is -2.09. The topological polar surface area (TPSA) is 93.7 Å². The van der Waals surface area contributed by atoms with Crippen LogP contribution in [0.4, 0.5) is 0 Å². The second kappa shape index (κ2) is 7.76. The number of ether oxygens (including phenoxy) is 2. The van der Waals surface area contributed by atoms with E-state index in [1.54, 1.807) is 19.1 Å². The summed E-state index contributed by atoms with van der Waals surface area (Å²) in [6.07, 6.45) is -0.390. The maximum Gasteiger partial charge on any atom is 0.347 e. The van der Waals surface area contributed by atoms with Crippen LogP contribution in [0.1, 0.15) is 19.4 Å². The number of hydrogen-bond acceptors (Lipinski definition) is 6. The summed E-state index contributed by atoms with van der Waals surface area (Å²) >= 11 is 0. The van der Waals surface area contributed by atoms with Crippen molar-refractivity contribution in [2.24, 2.45) is 0 Å². The molecule has 2 rings (SSSR count). The Labute approximate surface area is 136 Å². The van der Waals surface area contributed by atoms with Crippen LogP contribution in [0, 0.1) is 0 Å². The van der Waals surface area contributed by atoms with Gasteiger partial charge >= 0.3 is 5.97 Å². The molecule has 1 aromatic rings. The fourth-order valence-electron chi connectivity index (χ4n) is 2.29. The second-order valence-electron chi connectivity index (χ2n) is 5.08. The van der Waals surface area contributed by atoms with Crippen LogP contribution in [0.25, 0.3) is 0 Å². The van der Waals surface area contributed by atoms with Gasteiger partial charge in [-0.1, -0.05) is 6.92 Å². The van der Waals surface area contributed by atoms with Crippen molar-refractivity contribution in [2.75, 3.05) is 26.2 Å². The van der Waals surface area contributed by atoms with E-state index in [2.05, 4.69) is 10.0 Å². The summed E-state index contributed by atoms with van der Waals surface area (Å²) in [5.74, 6) is 0.0894. The summed E-state index contributed by atoms with van der Waals surface area (Å²) < 4.78 is 37.4. The molecule has 2 N–H and O–H groups in total. The first-order chi connectivity index (χ1) is 11.0. The normalized spacial score (nSPS) is 16.7. The summed E-state index contributed by atoms with van der Waals surface area (Å²) in [5, 5.41) is 3.05. The number of carbonyl (C=O) groups excluding carboxylic acids is 1. The van der Waals surface area contributed by atoms with Gasteiger partial charge in [0.1, 0.15) is 5.75 Å². The van der Waals surface area contributed by atoms with Gasteiger partial charge in [0.15, 0.2) is 6.10 Å². The summed E-state index contributed by atoms with van der Waals surface area (Å²) in [7, 11) is -3.57. The van der Waals surface area contributed by atoms with Gasteiger partial charge in [-0.3, -0.25) is 0 Å². The zero-order valence-corrected chi connectivity index (χ0v) is 14.1. The third kappa shape index (κ3) is 4.43. The molecule has 128 valence electrons. The SMILES string of the molecule is CCNCCNS(=O)(=O)c1ccc2c(c1)CC(C(=O)OCC)O2. The highest BCUT2D eigenvalue weighted by molar-refractivity contribution is 7.89. The Kier molecular flexibility index (Phi) is 5.97. The number of benzene rings is 1. The molecule has 8 heteroatoms. The van der Waals surface area contributed by atoms with E-state index < -0.39 is 22.1 Å². The molecule has 7 nitrogen and oxygen atoms in total. The third-order valence-electron chi connectivity index (χ3n) is 3.41. The molecule has 0 radical (unpaired) electrons. The molecule has 1 atom stereocenters. The Bertz CT molecular complexity index is 660. The van der Waals surface area contributed by atoms with Crippen molar-refractivity contribution in [1.29, 1.82) is 0 Å². The summed E-state index contributed by atoms with van der Waals surface area (Å²) in [4.78, 5) is 11.9. The fraction of sp³-hybridized carbons (Fsp3) is 0.533. The van der Waals surface area contributed by atoms with Gasteiger partial charge < -0.3 is 14.8 Å². The van der Waals surface area contributed by atoms with E-state index in [9.17, 15) is 13.2 Å². The lowest BCUT2D eigenvalue weighted by Crippen LogP contribution is -2.31. The van der Waals surface area contributed by atoms with Crippen LogP contribution >= 0.6 is 0 Å². The molecule has 0 aliphatic carbocycles. The lowest BCUT2D eigenvalue weighted by atomic mass is 10.1. The van der Waals surface area contributed by atoms with Crippen molar-refractivity contribution < 1.29 is 22.7 Å². The number of hydrogen-bond donors (Lipinski definition) is 2. The van der Waals surface area contributed by atoms with Crippen molar-refractivity contribution in [2.45, 2.75) is 31.3 Å². The molecule has 0 saturated carbocycles. The molecular weight excluding hydrogens is 320 g/mol. The van der Waals surface area contributed by atoms with Gasteiger partial charge in [-0.25, -0.2) is 17.9 Å². The van der Waals surface area contributed by atoms with Crippen LogP contribution < -0.4 is 14.8 Å². The van der Waals surface area contributed by atoms with Gasteiger partial charge in [0.2, 0.25) is 10.0 Å². The van der Waals surface area contributed by atoms with Crippen molar-refractivity contribution in [1.82, 2.24) is 10.0 Å². The Morgan fingerprint density at radius 1 is 1.35 bits per heavy atom. The van der Waals surface area contributed by atoms with Gasteiger partial charge in [0.25, 0.3) is 0 Å². The minimum atomic E-state index is -3.57. The zero-order chi connectivity index (χ0) is 16.9. The van der Waals surface area contributed by atoms with Crippen LogP contribution in [-0.4, -0.2) is 46.7 Å².